The molecule has 0 aliphatic carbocycles. The molecule has 0 saturated carbocycles. The number of carbonyl (C=O) groups is 1. The molecule has 162 valence electrons. The molecule has 3 aromatic carbocycles. The molecule has 1 unspecified atom stereocenters. The molecule has 1 atom stereocenters. The van der Waals surface area contributed by atoms with E-state index in [9.17, 15) is 9.90 Å². The highest BCUT2D eigenvalue weighted by Gasteiger charge is 2.26. The zero-order chi connectivity index (χ0) is 22.8. The molecule has 0 radical (unpaired) electrons. The summed E-state index contributed by atoms with van der Waals surface area (Å²) in [6, 6.07) is 17.4. The minimum Gasteiger partial charge on any atom is -0.508 e. The Labute approximate surface area is 191 Å². The number of nitrogens with one attached hydrogen (secondary N) is 1. The van der Waals surface area contributed by atoms with Crippen LogP contribution in [0.5, 0.6) is 5.75 Å². The van der Waals surface area contributed by atoms with Gasteiger partial charge in [0.2, 0.25) is 5.91 Å². The Hall–Kier alpha value is -3.51. The number of nitrogens with zero attached hydrogens (tertiary/aromatic N) is 3. The number of azo groups is 1. The van der Waals surface area contributed by atoms with Gasteiger partial charge in [-0.15, -0.1) is 5.11 Å². The summed E-state index contributed by atoms with van der Waals surface area (Å²) in [6.45, 7) is 5.75. The van der Waals surface area contributed by atoms with Gasteiger partial charge in [-0.1, -0.05) is 49.7 Å². The molecular weight excluding hydrogens is 424 g/mol. The Morgan fingerprint density at radius 2 is 1.84 bits per heavy atom. The summed E-state index contributed by atoms with van der Waals surface area (Å²) < 4.78 is 0. The number of halogens is 1. The summed E-state index contributed by atoms with van der Waals surface area (Å²) in [5, 5.41) is 22.4. The molecule has 0 aromatic heterocycles. The average molecular weight is 447 g/mol. The van der Waals surface area contributed by atoms with E-state index in [0.29, 0.717) is 38.9 Å². The monoisotopic (exact) mass is 446 g/mol. The minimum atomic E-state index is -0.593. The molecule has 1 aliphatic rings. The second kappa shape index (κ2) is 8.93. The first kappa shape index (κ1) is 21.7. The van der Waals surface area contributed by atoms with E-state index >= 15 is 0 Å². The van der Waals surface area contributed by atoms with Crippen LogP contribution < -0.4 is 5.32 Å². The molecule has 3 aromatic rings. The molecule has 1 heterocycles. The standard InChI is InChI=1S/C25H23ClN4O2/c1-14(2)18-13-16(11-12-22(18)31)29-30-21-10-6-9-20-23(21)24(27-15(3)25(32)28-20)17-7-4-5-8-19(17)26/h4-15,31H,1-3H3,(H,28,32). The number of anilines is 1. The SMILES string of the molecule is CC1N=C(c2ccccc2Cl)c2c(N=Nc3ccc(O)c(C(C)C)c3)cccc2NC1=O. The van der Waals surface area contributed by atoms with Crippen LogP contribution in [0.3, 0.4) is 0 Å². The summed E-state index contributed by atoms with van der Waals surface area (Å²) in [5.74, 6) is 0.175. The summed E-state index contributed by atoms with van der Waals surface area (Å²) >= 11 is 6.48. The molecule has 1 amide bonds. The number of carbonyl (C=O) groups excluding carboxylic acids is 1. The fourth-order valence-electron chi connectivity index (χ4n) is 3.57. The maximum Gasteiger partial charge on any atom is 0.248 e. The first-order valence-electron chi connectivity index (χ1n) is 10.4. The summed E-state index contributed by atoms with van der Waals surface area (Å²) in [7, 11) is 0. The second-order valence-corrected chi connectivity index (χ2v) is 8.33. The summed E-state index contributed by atoms with van der Waals surface area (Å²) in [6.07, 6.45) is 0. The average Bonchev–Trinajstić information content (AvgIpc) is 2.89. The van der Waals surface area contributed by atoms with Crippen molar-refractivity contribution < 1.29 is 9.90 Å². The van der Waals surface area contributed by atoms with Crippen LogP contribution in [0.15, 0.2) is 75.9 Å². The smallest absolute Gasteiger partial charge is 0.248 e. The van der Waals surface area contributed by atoms with E-state index in [2.05, 4.69) is 20.5 Å². The first-order chi connectivity index (χ1) is 15.3. The van der Waals surface area contributed by atoms with Crippen molar-refractivity contribution in [3.63, 3.8) is 0 Å². The highest BCUT2D eigenvalue weighted by Crippen LogP contribution is 2.36. The van der Waals surface area contributed by atoms with Crippen molar-refractivity contribution in [1.29, 1.82) is 0 Å². The van der Waals surface area contributed by atoms with Crippen LogP contribution in [0.4, 0.5) is 17.1 Å². The van der Waals surface area contributed by atoms with Gasteiger partial charge in [0.15, 0.2) is 0 Å². The molecule has 1 aliphatic heterocycles. The van der Waals surface area contributed by atoms with Crippen molar-refractivity contribution in [3.8, 4) is 5.75 Å². The lowest BCUT2D eigenvalue weighted by atomic mass is 9.98. The van der Waals surface area contributed by atoms with Gasteiger partial charge in [0, 0.05) is 10.6 Å². The van der Waals surface area contributed by atoms with Crippen LogP contribution in [0, 0.1) is 0 Å². The number of phenols is 1. The van der Waals surface area contributed by atoms with E-state index in [-0.39, 0.29) is 17.6 Å². The number of rotatable bonds is 4. The van der Waals surface area contributed by atoms with Gasteiger partial charge >= 0.3 is 0 Å². The molecule has 32 heavy (non-hydrogen) atoms. The van der Waals surface area contributed by atoms with Gasteiger partial charge in [-0.3, -0.25) is 9.79 Å². The Morgan fingerprint density at radius 1 is 1.06 bits per heavy atom. The Bertz CT molecular complexity index is 1250. The number of fused-ring (bicyclic) bond motifs is 1. The molecule has 6 nitrogen and oxygen atoms in total. The fraction of sp³-hybridized carbons (Fsp3) is 0.200. The lowest BCUT2D eigenvalue weighted by Crippen LogP contribution is -2.22. The first-order valence-corrected chi connectivity index (χ1v) is 10.7. The molecule has 0 bridgehead atoms. The number of benzene rings is 3. The fourth-order valence-corrected chi connectivity index (χ4v) is 3.79. The normalized spacial score (nSPS) is 16.0. The molecule has 4 rings (SSSR count). The lowest BCUT2D eigenvalue weighted by molar-refractivity contribution is -0.116. The number of benzodiazepines with no additional fused rings is 1. The van der Waals surface area contributed by atoms with Gasteiger partial charge in [-0.2, -0.15) is 5.11 Å². The molecule has 0 saturated heterocycles. The molecule has 0 fully saturated rings. The maximum atomic E-state index is 12.5. The molecule has 2 N–H and O–H groups in total. The van der Waals surface area contributed by atoms with E-state index in [1.807, 2.05) is 56.3 Å². The lowest BCUT2D eigenvalue weighted by Gasteiger charge is -2.13. The van der Waals surface area contributed by atoms with E-state index in [1.54, 1.807) is 25.1 Å². The zero-order valence-electron chi connectivity index (χ0n) is 18.0. The summed E-state index contributed by atoms with van der Waals surface area (Å²) in [4.78, 5) is 17.2. The molecule has 0 spiro atoms. The zero-order valence-corrected chi connectivity index (χ0v) is 18.8. The van der Waals surface area contributed by atoms with Crippen molar-refractivity contribution in [2.24, 2.45) is 15.2 Å². The van der Waals surface area contributed by atoms with Gasteiger partial charge in [0.05, 0.1) is 28.3 Å². The van der Waals surface area contributed by atoms with Gasteiger partial charge < -0.3 is 10.4 Å². The Morgan fingerprint density at radius 3 is 2.59 bits per heavy atom. The quantitative estimate of drug-likeness (QED) is 0.433. The van der Waals surface area contributed by atoms with Crippen molar-refractivity contribution in [2.45, 2.75) is 32.7 Å². The minimum absolute atomic E-state index is 0.147. The van der Waals surface area contributed by atoms with Crippen molar-refractivity contribution in [3.05, 3.63) is 82.4 Å². The second-order valence-electron chi connectivity index (χ2n) is 7.92. The Kier molecular flexibility index (Phi) is 6.06. The largest absolute Gasteiger partial charge is 0.508 e. The van der Waals surface area contributed by atoms with Crippen LogP contribution in [-0.2, 0) is 4.79 Å². The predicted octanol–water partition coefficient (Wildman–Crippen LogP) is 6.76. The van der Waals surface area contributed by atoms with Crippen molar-refractivity contribution >= 4 is 40.3 Å². The van der Waals surface area contributed by atoms with Crippen LogP contribution in [0.1, 0.15) is 43.4 Å². The van der Waals surface area contributed by atoms with Crippen LogP contribution >= 0.6 is 11.6 Å². The maximum absolute atomic E-state index is 12.5. The predicted molar refractivity (Wildman–Crippen MR) is 128 cm³/mol. The van der Waals surface area contributed by atoms with Crippen molar-refractivity contribution in [2.75, 3.05) is 5.32 Å². The van der Waals surface area contributed by atoms with Crippen LogP contribution in [-0.4, -0.2) is 22.8 Å². The highest BCUT2D eigenvalue weighted by atomic mass is 35.5. The summed E-state index contributed by atoms with van der Waals surface area (Å²) in [5.41, 5.74) is 4.52. The number of amides is 1. The number of hydrogen-bond donors (Lipinski definition) is 2. The molecular formula is C25H23ClN4O2. The molecule has 7 heteroatoms. The van der Waals surface area contributed by atoms with Crippen molar-refractivity contribution in [1.82, 2.24) is 0 Å². The third-order valence-corrected chi connectivity index (χ3v) is 5.60. The van der Waals surface area contributed by atoms with E-state index < -0.39 is 6.04 Å². The van der Waals surface area contributed by atoms with Gasteiger partial charge in [0.1, 0.15) is 11.8 Å². The number of hydrogen-bond acceptors (Lipinski definition) is 5. The van der Waals surface area contributed by atoms with E-state index in [4.69, 9.17) is 11.6 Å². The van der Waals surface area contributed by atoms with E-state index in [1.165, 1.54) is 0 Å². The third kappa shape index (κ3) is 4.27. The van der Waals surface area contributed by atoms with Gasteiger partial charge in [-0.25, -0.2) is 0 Å². The highest BCUT2D eigenvalue weighted by molar-refractivity contribution is 6.36. The van der Waals surface area contributed by atoms with Gasteiger partial charge in [0.25, 0.3) is 0 Å². The van der Waals surface area contributed by atoms with Crippen LogP contribution in [0.25, 0.3) is 0 Å². The van der Waals surface area contributed by atoms with Gasteiger partial charge in [-0.05, 0) is 54.8 Å². The van der Waals surface area contributed by atoms with Crippen LogP contribution in [0.2, 0.25) is 5.02 Å². The number of aliphatic imine (C=N–C) groups is 1. The third-order valence-electron chi connectivity index (χ3n) is 5.27. The van der Waals surface area contributed by atoms with E-state index in [0.717, 1.165) is 5.56 Å². The Balaban J connectivity index is 1.85. The number of aromatic hydroxyl groups is 1. The topological polar surface area (TPSA) is 86.4 Å². The number of phenolic OH excluding ortho intramolecular Hbond substituents is 1.